The Hall–Kier alpha value is -1.70. The first kappa shape index (κ1) is 17.4. The van der Waals surface area contributed by atoms with Crippen molar-refractivity contribution in [3.63, 3.8) is 0 Å². The highest BCUT2D eigenvalue weighted by Crippen LogP contribution is 2.22. The number of hydrogen-bond donors (Lipinski definition) is 2. The van der Waals surface area contributed by atoms with Crippen molar-refractivity contribution in [3.8, 4) is 0 Å². The normalized spacial score (nSPS) is 12.6. The van der Waals surface area contributed by atoms with Gasteiger partial charge in [0.15, 0.2) is 23.3 Å². The summed E-state index contributed by atoms with van der Waals surface area (Å²) in [6.07, 6.45) is -0.688. The smallest absolute Gasteiger partial charge is 0.257 e. The summed E-state index contributed by atoms with van der Waals surface area (Å²) in [6, 6.07) is 0. The van der Waals surface area contributed by atoms with Gasteiger partial charge in [0.1, 0.15) is 5.56 Å². The Balaban J connectivity index is 2.94. The molecule has 1 atom stereocenters. The molecule has 1 amide bonds. The van der Waals surface area contributed by atoms with Crippen LogP contribution in [-0.2, 0) is 0 Å². The van der Waals surface area contributed by atoms with Gasteiger partial charge < -0.3 is 10.4 Å². The van der Waals surface area contributed by atoms with Crippen molar-refractivity contribution in [1.29, 1.82) is 0 Å². The molecule has 0 fully saturated rings. The minimum atomic E-state index is -2.33. The molecule has 0 spiro atoms. The molecule has 0 radical (unpaired) electrons. The number of nitrogens with one attached hydrogen (secondary N) is 1. The van der Waals surface area contributed by atoms with Crippen molar-refractivity contribution < 1.29 is 31.9 Å². The highest BCUT2D eigenvalue weighted by molar-refractivity contribution is 5.94. The van der Waals surface area contributed by atoms with Gasteiger partial charge in [-0.25, -0.2) is 22.0 Å². The van der Waals surface area contributed by atoms with Crippen LogP contribution in [0.1, 0.15) is 30.6 Å². The predicted octanol–water partition coefficient (Wildman–Crippen LogP) is 2.52. The summed E-state index contributed by atoms with van der Waals surface area (Å²) in [4.78, 5) is 11.5. The highest BCUT2D eigenvalue weighted by atomic mass is 19.2. The minimum absolute atomic E-state index is 0.103. The predicted molar refractivity (Wildman–Crippen MR) is 64.0 cm³/mol. The number of aliphatic hydroxyl groups is 1. The molecule has 0 saturated carbocycles. The second-order valence-electron chi connectivity index (χ2n) is 4.94. The van der Waals surface area contributed by atoms with Crippen LogP contribution in [0.3, 0.4) is 0 Å². The maximum Gasteiger partial charge on any atom is 0.257 e. The SMILES string of the molecule is CC(C)CC(O)CNC(=O)c1c(F)c(F)c(F)c(F)c1F. The average Bonchev–Trinajstić information content (AvgIpc) is 2.40. The lowest BCUT2D eigenvalue weighted by molar-refractivity contribution is 0.0889. The fourth-order valence-corrected chi connectivity index (χ4v) is 1.73. The molecule has 21 heavy (non-hydrogen) atoms. The van der Waals surface area contributed by atoms with Crippen molar-refractivity contribution >= 4 is 5.91 Å². The van der Waals surface area contributed by atoms with Gasteiger partial charge in [0.25, 0.3) is 5.91 Å². The zero-order chi connectivity index (χ0) is 16.3. The Labute approximate surface area is 117 Å². The van der Waals surface area contributed by atoms with Gasteiger partial charge in [0, 0.05) is 6.54 Å². The average molecular weight is 311 g/mol. The zero-order valence-electron chi connectivity index (χ0n) is 11.3. The van der Waals surface area contributed by atoms with Crippen LogP contribution < -0.4 is 5.32 Å². The van der Waals surface area contributed by atoms with E-state index in [0.29, 0.717) is 6.42 Å². The van der Waals surface area contributed by atoms with Gasteiger partial charge in [-0.05, 0) is 12.3 Å². The monoisotopic (exact) mass is 311 g/mol. The molecule has 0 heterocycles. The van der Waals surface area contributed by atoms with Crippen LogP contribution in [0.15, 0.2) is 0 Å². The van der Waals surface area contributed by atoms with Crippen molar-refractivity contribution in [1.82, 2.24) is 5.32 Å². The van der Waals surface area contributed by atoms with Crippen LogP contribution in [0.4, 0.5) is 22.0 Å². The Kier molecular flexibility index (Phi) is 5.65. The van der Waals surface area contributed by atoms with E-state index in [2.05, 4.69) is 0 Å². The van der Waals surface area contributed by atoms with E-state index in [1.165, 1.54) is 0 Å². The third-order valence-corrected chi connectivity index (χ3v) is 2.68. The van der Waals surface area contributed by atoms with Gasteiger partial charge >= 0.3 is 0 Å². The third kappa shape index (κ3) is 3.90. The number of amides is 1. The zero-order valence-corrected chi connectivity index (χ0v) is 11.3. The lowest BCUT2D eigenvalue weighted by Crippen LogP contribution is -2.34. The Bertz CT molecular complexity index is 519. The molecule has 1 rings (SSSR count). The highest BCUT2D eigenvalue weighted by Gasteiger charge is 2.29. The topological polar surface area (TPSA) is 49.3 Å². The van der Waals surface area contributed by atoms with Crippen LogP contribution in [0.25, 0.3) is 0 Å². The molecule has 2 N–H and O–H groups in total. The number of rotatable bonds is 5. The van der Waals surface area contributed by atoms with Crippen molar-refractivity contribution in [2.24, 2.45) is 5.92 Å². The van der Waals surface area contributed by atoms with Crippen LogP contribution in [0.5, 0.6) is 0 Å². The first-order valence-corrected chi connectivity index (χ1v) is 6.14. The Morgan fingerprint density at radius 2 is 1.43 bits per heavy atom. The first-order valence-electron chi connectivity index (χ1n) is 6.14. The number of carbonyl (C=O) groups excluding carboxylic acids is 1. The molecule has 1 aromatic carbocycles. The van der Waals surface area contributed by atoms with E-state index in [1.807, 2.05) is 5.32 Å². The molecular formula is C13H14F5NO2. The van der Waals surface area contributed by atoms with E-state index < -0.39 is 46.7 Å². The van der Waals surface area contributed by atoms with Crippen molar-refractivity contribution in [2.45, 2.75) is 26.4 Å². The maximum atomic E-state index is 13.3. The Morgan fingerprint density at radius 1 is 1.00 bits per heavy atom. The lowest BCUT2D eigenvalue weighted by atomic mass is 10.1. The maximum absolute atomic E-state index is 13.3. The standard InChI is InChI=1S/C13H14F5NO2/c1-5(2)3-6(20)4-19-13(21)7-8(14)10(16)12(18)11(17)9(7)15/h5-6,20H,3-4H2,1-2H3,(H,19,21). The molecule has 3 nitrogen and oxygen atoms in total. The number of carbonyl (C=O) groups is 1. The molecule has 0 aromatic heterocycles. The van der Waals surface area contributed by atoms with Gasteiger partial charge in [-0.3, -0.25) is 4.79 Å². The van der Waals surface area contributed by atoms with Gasteiger partial charge in [-0.1, -0.05) is 13.8 Å². The van der Waals surface area contributed by atoms with Crippen LogP contribution in [-0.4, -0.2) is 23.7 Å². The van der Waals surface area contributed by atoms with Crippen LogP contribution in [0.2, 0.25) is 0 Å². The second-order valence-corrected chi connectivity index (χ2v) is 4.94. The quantitative estimate of drug-likeness (QED) is 0.499. The fraction of sp³-hybridized carbons (Fsp3) is 0.462. The first-order chi connectivity index (χ1) is 9.66. The van der Waals surface area contributed by atoms with Gasteiger partial charge in [0.2, 0.25) is 5.82 Å². The second kappa shape index (κ2) is 6.84. The van der Waals surface area contributed by atoms with Crippen molar-refractivity contribution in [3.05, 3.63) is 34.6 Å². The number of benzene rings is 1. The van der Waals surface area contributed by atoms with E-state index >= 15 is 0 Å². The molecule has 0 aliphatic carbocycles. The molecule has 0 aliphatic rings. The number of halogens is 5. The molecule has 0 aliphatic heterocycles. The lowest BCUT2D eigenvalue weighted by Gasteiger charge is -2.14. The molecule has 1 aromatic rings. The van der Waals surface area contributed by atoms with Gasteiger partial charge in [-0.15, -0.1) is 0 Å². The largest absolute Gasteiger partial charge is 0.391 e. The third-order valence-electron chi connectivity index (χ3n) is 2.68. The Morgan fingerprint density at radius 3 is 1.86 bits per heavy atom. The van der Waals surface area contributed by atoms with Crippen LogP contribution in [0, 0.1) is 35.0 Å². The summed E-state index contributed by atoms with van der Waals surface area (Å²) in [7, 11) is 0. The van der Waals surface area contributed by atoms with E-state index in [4.69, 9.17) is 0 Å². The molecular weight excluding hydrogens is 297 g/mol. The van der Waals surface area contributed by atoms with Gasteiger partial charge in [0.05, 0.1) is 6.10 Å². The fourth-order valence-electron chi connectivity index (χ4n) is 1.73. The summed E-state index contributed by atoms with van der Waals surface area (Å²) in [5.74, 6) is -12.5. The van der Waals surface area contributed by atoms with Crippen molar-refractivity contribution in [2.75, 3.05) is 6.54 Å². The summed E-state index contributed by atoms with van der Waals surface area (Å²) in [5.41, 5.74) is -1.57. The van der Waals surface area contributed by atoms with E-state index in [0.717, 1.165) is 0 Å². The minimum Gasteiger partial charge on any atom is -0.391 e. The number of aliphatic hydroxyl groups excluding tert-OH is 1. The van der Waals surface area contributed by atoms with Gasteiger partial charge in [-0.2, -0.15) is 0 Å². The molecule has 118 valence electrons. The summed E-state index contributed by atoms with van der Waals surface area (Å²) >= 11 is 0. The molecule has 0 bridgehead atoms. The molecule has 0 saturated heterocycles. The molecule has 8 heteroatoms. The summed E-state index contributed by atoms with van der Waals surface area (Å²) in [5, 5.41) is 11.4. The van der Waals surface area contributed by atoms with E-state index in [1.54, 1.807) is 13.8 Å². The van der Waals surface area contributed by atoms with E-state index in [9.17, 15) is 31.9 Å². The van der Waals surface area contributed by atoms with E-state index in [-0.39, 0.29) is 12.5 Å². The summed E-state index contributed by atoms with van der Waals surface area (Å²) < 4.78 is 65.4. The molecule has 1 unspecified atom stereocenters. The number of hydrogen-bond acceptors (Lipinski definition) is 2. The summed E-state index contributed by atoms with van der Waals surface area (Å²) in [6.45, 7) is 3.24. The van der Waals surface area contributed by atoms with Crippen LogP contribution >= 0.6 is 0 Å².